The van der Waals surface area contributed by atoms with Gasteiger partial charge in [-0.05, 0) is 26.0 Å². The minimum Gasteiger partial charge on any atom is -0.497 e. The zero-order chi connectivity index (χ0) is 14.8. The highest BCUT2D eigenvalue weighted by atomic mass is 16.5. The number of aliphatic carboxylic acids is 1. The number of hydrogen-bond donors (Lipinski definition) is 1. The predicted octanol–water partition coefficient (Wildman–Crippen LogP) is 2.00. The highest BCUT2D eigenvalue weighted by Crippen LogP contribution is 2.33. The molecule has 0 radical (unpaired) electrons. The second-order valence-corrected chi connectivity index (χ2v) is 5.50. The van der Waals surface area contributed by atoms with E-state index in [-0.39, 0.29) is 0 Å². The Labute approximate surface area is 119 Å². The molecule has 2 rings (SSSR count). The predicted molar refractivity (Wildman–Crippen MR) is 75.2 cm³/mol. The molecular formula is C15H21NO4. The van der Waals surface area contributed by atoms with Gasteiger partial charge in [0.2, 0.25) is 0 Å². The van der Waals surface area contributed by atoms with Crippen molar-refractivity contribution in [1.82, 2.24) is 4.90 Å². The average Bonchev–Trinajstić information content (AvgIpc) is 2.82. The minimum absolute atomic E-state index is 0.567. The van der Waals surface area contributed by atoms with E-state index < -0.39 is 11.4 Å². The Morgan fingerprint density at radius 1 is 1.40 bits per heavy atom. The van der Waals surface area contributed by atoms with Crippen molar-refractivity contribution in [2.24, 2.45) is 5.41 Å². The third-order valence-electron chi connectivity index (χ3n) is 3.96. The summed E-state index contributed by atoms with van der Waals surface area (Å²) < 4.78 is 10.5. The van der Waals surface area contributed by atoms with E-state index >= 15 is 0 Å². The van der Waals surface area contributed by atoms with Gasteiger partial charge in [-0.3, -0.25) is 9.69 Å². The molecule has 1 fully saturated rings. The van der Waals surface area contributed by atoms with Crippen molar-refractivity contribution in [3.8, 4) is 11.5 Å². The Balaban J connectivity index is 2.10. The van der Waals surface area contributed by atoms with Gasteiger partial charge >= 0.3 is 5.97 Å². The van der Waals surface area contributed by atoms with Crippen LogP contribution in [0.2, 0.25) is 0 Å². The number of carboxylic acids is 1. The van der Waals surface area contributed by atoms with Crippen molar-refractivity contribution in [3.63, 3.8) is 0 Å². The average molecular weight is 279 g/mol. The van der Waals surface area contributed by atoms with E-state index in [9.17, 15) is 9.90 Å². The molecule has 0 aromatic heterocycles. The second-order valence-electron chi connectivity index (χ2n) is 5.50. The fourth-order valence-corrected chi connectivity index (χ4v) is 2.59. The van der Waals surface area contributed by atoms with E-state index in [1.165, 1.54) is 0 Å². The first-order valence-corrected chi connectivity index (χ1v) is 6.65. The number of rotatable bonds is 5. The Bertz CT molecular complexity index is 503. The summed E-state index contributed by atoms with van der Waals surface area (Å²) in [6, 6.07) is 5.71. The first-order valence-electron chi connectivity index (χ1n) is 6.65. The van der Waals surface area contributed by atoms with Crippen LogP contribution in [0.5, 0.6) is 11.5 Å². The summed E-state index contributed by atoms with van der Waals surface area (Å²) in [6.45, 7) is 3.85. The van der Waals surface area contributed by atoms with E-state index in [2.05, 4.69) is 4.90 Å². The maximum atomic E-state index is 11.3. The molecule has 1 saturated heterocycles. The number of nitrogens with zero attached hydrogens (tertiary/aromatic N) is 1. The highest BCUT2D eigenvalue weighted by molar-refractivity contribution is 5.74. The summed E-state index contributed by atoms with van der Waals surface area (Å²) in [5.74, 6) is 0.803. The molecule has 1 heterocycles. The Kier molecular flexibility index (Phi) is 4.18. The van der Waals surface area contributed by atoms with Crippen molar-refractivity contribution in [2.75, 3.05) is 27.3 Å². The molecule has 5 nitrogen and oxygen atoms in total. The molecule has 1 aliphatic heterocycles. The van der Waals surface area contributed by atoms with Crippen LogP contribution in [-0.4, -0.2) is 43.3 Å². The van der Waals surface area contributed by atoms with Crippen LogP contribution in [0.1, 0.15) is 18.9 Å². The van der Waals surface area contributed by atoms with Crippen molar-refractivity contribution >= 4 is 5.97 Å². The first-order chi connectivity index (χ1) is 9.48. The SMILES string of the molecule is COc1ccc(CN2CCC(C)(C(=O)O)C2)c(OC)c1. The van der Waals surface area contributed by atoms with Crippen LogP contribution in [0, 0.1) is 5.41 Å². The van der Waals surface area contributed by atoms with Crippen molar-refractivity contribution in [3.05, 3.63) is 23.8 Å². The van der Waals surface area contributed by atoms with E-state index in [0.717, 1.165) is 23.6 Å². The lowest BCUT2D eigenvalue weighted by atomic mass is 9.90. The molecule has 1 atom stereocenters. The van der Waals surface area contributed by atoms with Gasteiger partial charge in [0.15, 0.2) is 0 Å². The lowest BCUT2D eigenvalue weighted by molar-refractivity contribution is -0.147. The number of hydrogen-bond acceptors (Lipinski definition) is 4. The molecule has 110 valence electrons. The molecule has 0 amide bonds. The summed E-state index contributed by atoms with van der Waals surface area (Å²) in [5, 5.41) is 9.26. The molecule has 1 aromatic rings. The smallest absolute Gasteiger partial charge is 0.310 e. The monoisotopic (exact) mass is 279 g/mol. The van der Waals surface area contributed by atoms with Gasteiger partial charge in [-0.2, -0.15) is 0 Å². The molecular weight excluding hydrogens is 258 g/mol. The lowest BCUT2D eigenvalue weighted by Crippen LogP contribution is -2.31. The fraction of sp³-hybridized carbons (Fsp3) is 0.533. The molecule has 1 N–H and O–H groups in total. The number of likely N-dealkylation sites (tertiary alicyclic amines) is 1. The van der Waals surface area contributed by atoms with Gasteiger partial charge in [0.1, 0.15) is 11.5 Å². The molecule has 20 heavy (non-hydrogen) atoms. The fourth-order valence-electron chi connectivity index (χ4n) is 2.59. The van der Waals surface area contributed by atoms with Gasteiger partial charge in [0, 0.05) is 24.7 Å². The number of ether oxygens (including phenoxy) is 2. The minimum atomic E-state index is -0.721. The number of carbonyl (C=O) groups is 1. The van der Waals surface area contributed by atoms with Crippen LogP contribution in [-0.2, 0) is 11.3 Å². The van der Waals surface area contributed by atoms with Crippen molar-refractivity contribution in [2.45, 2.75) is 19.9 Å². The summed E-state index contributed by atoms with van der Waals surface area (Å²) in [7, 11) is 3.25. The zero-order valence-electron chi connectivity index (χ0n) is 12.2. The van der Waals surface area contributed by atoms with Crippen LogP contribution < -0.4 is 9.47 Å². The molecule has 0 saturated carbocycles. The largest absolute Gasteiger partial charge is 0.497 e. The van der Waals surface area contributed by atoms with Crippen LogP contribution >= 0.6 is 0 Å². The number of benzene rings is 1. The van der Waals surface area contributed by atoms with Gasteiger partial charge < -0.3 is 14.6 Å². The summed E-state index contributed by atoms with van der Waals surface area (Å²) >= 11 is 0. The van der Waals surface area contributed by atoms with E-state index in [1.807, 2.05) is 18.2 Å². The van der Waals surface area contributed by atoms with E-state index in [0.29, 0.717) is 19.5 Å². The molecule has 1 aromatic carbocycles. The molecule has 0 spiro atoms. The normalized spacial score (nSPS) is 22.8. The summed E-state index contributed by atoms with van der Waals surface area (Å²) in [4.78, 5) is 13.4. The van der Waals surface area contributed by atoms with Gasteiger partial charge in [-0.25, -0.2) is 0 Å². The van der Waals surface area contributed by atoms with Gasteiger partial charge in [0.05, 0.1) is 19.6 Å². The topological polar surface area (TPSA) is 59.0 Å². The number of carboxylic acid groups (broad SMARTS) is 1. The first kappa shape index (κ1) is 14.7. The Morgan fingerprint density at radius 3 is 2.70 bits per heavy atom. The third-order valence-corrected chi connectivity index (χ3v) is 3.96. The third kappa shape index (κ3) is 2.88. The summed E-state index contributed by atoms with van der Waals surface area (Å²) in [5.41, 5.74) is 0.405. The van der Waals surface area contributed by atoms with Gasteiger partial charge in [0.25, 0.3) is 0 Å². The van der Waals surface area contributed by atoms with Crippen molar-refractivity contribution < 1.29 is 19.4 Å². The second kappa shape index (κ2) is 5.71. The van der Waals surface area contributed by atoms with Gasteiger partial charge in [-0.1, -0.05) is 6.07 Å². The Morgan fingerprint density at radius 2 is 2.15 bits per heavy atom. The molecule has 0 bridgehead atoms. The highest BCUT2D eigenvalue weighted by Gasteiger charge is 2.40. The molecule has 0 aliphatic carbocycles. The quantitative estimate of drug-likeness (QED) is 0.893. The summed E-state index contributed by atoms with van der Waals surface area (Å²) in [6.07, 6.45) is 0.681. The number of methoxy groups -OCH3 is 2. The van der Waals surface area contributed by atoms with Gasteiger partial charge in [-0.15, -0.1) is 0 Å². The van der Waals surface area contributed by atoms with Crippen LogP contribution in [0.3, 0.4) is 0 Å². The maximum absolute atomic E-state index is 11.3. The van der Waals surface area contributed by atoms with Crippen molar-refractivity contribution in [1.29, 1.82) is 0 Å². The van der Waals surface area contributed by atoms with E-state index in [4.69, 9.17) is 9.47 Å². The van der Waals surface area contributed by atoms with E-state index in [1.54, 1.807) is 21.1 Å². The van der Waals surface area contributed by atoms with Crippen LogP contribution in [0.25, 0.3) is 0 Å². The molecule has 1 aliphatic rings. The van der Waals surface area contributed by atoms with Crippen LogP contribution in [0.15, 0.2) is 18.2 Å². The zero-order valence-corrected chi connectivity index (χ0v) is 12.2. The molecule has 1 unspecified atom stereocenters. The molecule has 5 heteroatoms. The standard InChI is InChI=1S/C15H21NO4/c1-15(14(17)18)6-7-16(10-15)9-11-4-5-12(19-2)8-13(11)20-3/h4-5,8H,6-7,9-10H2,1-3H3,(H,17,18). The lowest BCUT2D eigenvalue weighted by Gasteiger charge is -2.21. The maximum Gasteiger partial charge on any atom is 0.310 e. The van der Waals surface area contributed by atoms with Crippen LogP contribution in [0.4, 0.5) is 0 Å². The Hall–Kier alpha value is -1.75.